The summed E-state index contributed by atoms with van der Waals surface area (Å²) in [6.07, 6.45) is 1.52. The molecule has 112 valence electrons. The first kappa shape index (κ1) is 14.1. The van der Waals surface area contributed by atoms with E-state index < -0.39 is 0 Å². The summed E-state index contributed by atoms with van der Waals surface area (Å²) < 4.78 is 6.85. The van der Waals surface area contributed by atoms with Gasteiger partial charge in [0.05, 0.1) is 35.8 Å². The molecule has 0 aliphatic heterocycles. The highest BCUT2D eigenvalue weighted by molar-refractivity contribution is 5.95. The number of aromatic amines is 1. The van der Waals surface area contributed by atoms with Crippen molar-refractivity contribution in [1.29, 1.82) is 0 Å². The highest BCUT2D eigenvalue weighted by Crippen LogP contribution is 2.25. The second kappa shape index (κ2) is 5.14. The van der Waals surface area contributed by atoms with Gasteiger partial charge in [-0.25, -0.2) is 4.68 Å². The highest BCUT2D eigenvalue weighted by Gasteiger charge is 2.14. The monoisotopic (exact) mass is 297 g/mol. The Morgan fingerprint density at radius 2 is 2.09 bits per heavy atom. The molecule has 22 heavy (non-hydrogen) atoms. The third kappa shape index (κ3) is 2.18. The van der Waals surface area contributed by atoms with E-state index in [4.69, 9.17) is 4.74 Å². The van der Waals surface area contributed by atoms with Crippen molar-refractivity contribution in [2.45, 2.75) is 13.8 Å². The van der Waals surface area contributed by atoms with E-state index in [1.807, 2.05) is 6.07 Å². The summed E-state index contributed by atoms with van der Waals surface area (Å²) in [4.78, 5) is 26.3. The van der Waals surface area contributed by atoms with Crippen molar-refractivity contribution in [3.8, 4) is 11.4 Å². The smallest absolute Gasteiger partial charge is 0.250 e. The van der Waals surface area contributed by atoms with Gasteiger partial charge in [-0.1, -0.05) is 0 Å². The van der Waals surface area contributed by atoms with E-state index in [0.717, 1.165) is 5.39 Å². The van der Waals surface area contributed by atoms with E-state index in [1.54, 1.807) is 30.8 Å². The number of benzene rings is 1. The molecule has 0 aliphatic carbocycles. The normalized spacial score (nSPS) is 10.9. The van der Waals surface area contributed by atoms with E-state index in [2.05, 4.69) is 10.1 Å². The zero-order chi connectivity index (χ0) is 15.9. The number of hydrogen-bond acceptors (Lipinski definition) is 4. The molecule has 0 bridgehead atoms. The van der Waals surface area contributed by atoms with E-state index in [9.17, 15) is 9.59 Å². The van der Waals surface area contributed by atoms with Gasteiger partial charge in [0.25, 0.3) is 5.56 Å². The summed E-state index contributed by atoms with van der Waals surface area (Å²) in [6.45, 7) is 3.30. The first-order valence-corrected chi connectivity index (χ1v) is 6.78. The molecule has 6 heteroatoms. The molecule has 0 spiro atoms. The molecule has 3 rings (SSSR count). The maximum atomic E-state index is 11.9. The molecule has 2 heterocycles. The molecule has 0 atom stereocenters. The average molecular weight is 297 g/mol. The van der Waals surface area contributed by atoms with Gasteiger partial charge in [0.1, 0.15) is 5.75 Å². The van der Waals surface area contributed by atoms with Gasteiger partial charge in [0.15, 0.2) is 5.78 Å². The number of ketones is 1. The first-order valence-electron chi connectivity index (χ1n) is 6.78. The second-order valence-electron chi connectivity index (χ2n) is 5.04. The number of pyridine rings is 1. The molecule has 0 aliphatic rings. The van der Waals surface area contributed by atoms with Crippen molar-refractivity contribution in [1.82, 2.24) is 14.8 Å². The molecule has 0 amide bonds. The van der Waals surface area contributed by atoms with Gasteiger partial charge in [0, 0.05) is 11.5 Å². The van der Waals surface area contributed by atoms with Crippen LogP contribution in [0.5, 0.6) is 5.75 Å². The number of hydrogen-bond donors (Lipinski definition) is 1. The lowest BCUT2D eigenvalue weighted by atomic mass is 10.1. The minimum atomic E-state index is -0.230. The maximum absolute atomic E-state index is 11.9. The predicted molar refractivity (Wildman–Crippen MR) is 83.0 cm³/mol. The maximum Gasteiger partial charge on any atom is 0.250 e. The van der Waals surface area contributed by atoms with Crippen LogP contribution in [0.2, 0.25) is 0 Å². The minimum absolute atomic E-state index is 0.0597. The van der Waals surface area contributed by atoms with Gasteiger partial charge < -0.3 is 9.72 Å². The van der Waals surface area contributed by atoms with E-state index >= 15 is 0 Å². The zero-order valence-corrected chi connectivity index (χ0v) is 12.5. The van der Waals surface area contributed by atoms with Crippen LogP contribution in [0.4, 0.5) is 0 Å². The minimum Gasteiger partial charge on any atom is -0.497 e. The van der Waals surface area contributed by atoms with Crippen LogP contribution in [-0.2, 0) is 0 Å². The predicted octanol–water partition coefficient (Wildman–Crippen LogP) is 2.23. The molecule has 1 N–H and O–H groups in total. The van der Waals surface area contributed by atoms with Gasteiger partial charge in [-0.05, 0) is 32.0 Å². The van der Waals surface area contributed by atoms with Gasteiger partial charge in [-0.3, -0.25) is 9.59 Å². The van der Waals surface area contributed by atoms with Crippen LogP contribution in [0.1, 0.15) is 23.0 Å². The summed E-state index contributed by atoms with van der Waals surface area (Å²) in [6, 6.07) is 6.85. The average Bonchev–Trinajstić information content (AvgIpc) is 2.87. The third-order valence-corrected chi connectivity index (χ3v) is 3.65. The molecule has 1 aromatic carbocycles. The fourth-order valence-electron chi connectivity index (χ4n) is 2.52. The van der Waals surface area contributed by atoms with Gasteiger partial charge in [-0.15, -0.1) is 0 Å². The topological polar surface area (TPSA) is 77.0 Å². The van der Waals surface area contributed by atoms with Crippen molar-refractivity contribution < 1.29 is 9.53 Å². The quantitative estimate of drug-likeness (QED) is 0.752. The van der Waals surface area contributed by atoms with Gasteiger partial charge >= 0.3 is 0 Å². The standard InChI is InChI=1S/C16H15N3O3/c1-9-13(10(2)20)8-17-19(9)15-7-16(21)18-14-5-4-11(22-3)6-12(14)15/h4-8H,1-3H3,(H,18,21). The number of carbonyl (C=O) groups is 1. The number of aromatic nitrogens is 3. The van der Waals surface area contributed by atoms with Crippen LogP contribution >= 0.6 is 0 Å². The Labute approximate surface area is 126 Å². The molecule has 0 saturated heterocycles. The number of ether oxygens (including phenoxy) is 1. The van der Waals surface area contributed by atoms with Crippen LogP contribution in [0, 0.1) is 6.92 Å². The molecule has 3 aromatic rings. The van der Waals surface area contributed by atoms with Crippen LogP contribution in [0.15, 0.2) is 35.3 Å². The summed E-state index contributed by atoms with van der Waals surface area (Å²) in [5.74, 6) is 0.618. The fraction of sp³-hybridized carbons (Fsp3) is 0.188. The van der Waals surface area contributed by atoms with Crippen molar-refractivity contribution in [3.05, 3.63) is 52.1 Å². The second-order valence-corrected chi connectivity index (χ2v) is 5.04. The molecule has 0 saturated carbocycles. The van der Waals surface area contributed by atoms with E-state index in [-0.39, 0.29) is 11.3 Å². The molecule has 0 radical (unpaired) electrons. The lowest BCUT2D eigenvalue weighted by molar-refractivity contribution is 0.101. The van der Waals surface area contributed by atoms with Crippen molar-refractivity contribution in [3.63, 3.8) is 0 Å². The number of fused-ring (bicyclic) bond motifs is 1. The van der Waals surface area contributed by atoms with Crippen molar-refractivity contribution in [2.75, 3.05) is 7.11 Å². The SMILES string of the molecule is COc1ccc2[nH]c(=O)cc(-n3ncc(C(C)=O)c3C)c2c1. The lowest BCUT2D eigenvalue weighted by Gasteiger charge is -2.10. The number of nitrogens with zero attached hydrogens (tertiary/aromatic N) is 2. The summed E-state index contributed by atoms with van der Waals surface area (Å²) in [5.41, 5.74) is 2.30. The highest BCUT2D eigenvalue weighted by atomic mass is 16.5. The van der Waals surface area contributed by atoms with Crippen molar-refractivity contribution in [2.24, 2.45) is 0 Å². The van der Waals surface area contributed by atoms with E-state index in [1.165, 1.54) is 19.2 Å². The Balaban J connectivity index is 2.34. The Kier molecular flexibility index (Phi) is 3.29. The zero-order valence-electron chi connectivity index (χ0n) is 12.5. The molecule has 2 aromatic heterocycles. The van der Waals surface area contributed by atoms with Gasteiger partial charge in [-0.2, -0.15) is 5.10 Å². The van der Waals surface area contributed by atoms with Crippen LogP contribution in [0.25, 0.3) is 16.6 Å². The number of H-pyrrole nitrogens is 1. The molecule has 6 nitrogen and oxygen atoms in total. The largest absolute Gasteiger partial charge is 0.497 e. The summed E-state index contributed by atoms with van der Waals surface area (Å²) in [7, 11) is 1.58. The first-order chi connectivity index (χ1) is 10.5. The summed E-state index contributed by atoms with van der Waals surface area (Å²) >= 11 is 0. The molecular weight excluding hydrogens is 282 g/mol. The van der Waals surface area contributed by atoms with Crippen molar-refractivity contribution >= 4 is 16.7 Å². The summed E-state index contributed by atoms with van der Waals surface area (Å²) in [5, 5.41) is 5.05. The lowest BCUT2D eigenvalue weighted by Crippen LogP contribution is -2.10. The van der Waals surface area contributed by atoms with Crippen LogP contribution in [-0.4, -0.2) is 27.7 Å². The Bertz CT molecular complexity index is 937. The third-order valence-electron chi connectivity index (χ3n) is 3.65. The van der Waals surface area contributed by atoms with Crippen LogP contribution in [0.3, 0.4) is 0 Å². The van der Waals surface area contributed by atoms with Crippen LogP contribution < -0.4 is 10.3 Å². The Morgan fingerprint density at radius 1 is 1.32 bits per heavy atom. The number of nitrogens with one attached hydrogen (secondary N) is 1. The molecular formula is C16H15N3O3. The fourth-order valence-corrected chi connectivity index (χ4v) is 2.52. The van der Waals surface area contributed by atoms with Gasteiger partial charge in [0.2, 0.25) is 0 Å². The Morgan fingerprint density at radius 3 is 2.73 bits per heavy atom. The van der Waals surface area contributed by atoms with E-state index in [0.29, 0.717) is 28.2 Å². The molecule has 0 unspecified atom stereocenters. The number of carbonyl (C=O) groups excluding carboxylic acids is 1. The Hall–Kier alpha value is -2.89. The number of Topliss-reactive ketones (excluding diaryl/α,β-unsaturated/α-hetero) is 1. The number of methoxy groups -OCH3 is 1. The molecule has 0 fully saturated rings. The number of rotatable bonds is 3.